The molecule has 6 nitrogen and oxygen atoms in total. The van der Waals surface area contributed by atoms with E-state index in [-0.39, 0.29) is 10.0 Å². The van der Waals surface area contributed by atoms with Crippen LogP contribution < -0.4 is 4.72 Å². The van der Waals surface area contributed by atoms with Gasteiger partial charge in [0, 0.05) is 16.9 Å². The van der Waals surface area contributed by atoms with Crippen molar-refractivity contribution in [1.82, 2.24) is 15.2 Å². The van der Waals surface area contributed by atoms with Crippen LogP contribution in [0.5, 0.6) is 0 Å². The first-order chi connectivity index (χ1) is 7.97. The van der Waals surface area contributed by atoms with E-state index in [2.05, 4.69) is 35.8 Å². The average molecular weight is 335 g/mol. The first-order valence-corrected chi connectivity index (χ1v) is 7.50. The minimum atomic E-state index is -3.66. The molecule has 0 saturated heterocycles. The molecule has 0 radical (unpaired) electrons. The average Bonchev–Trinajstić information content (AvgIpc) is 2.63. The van der Waals surface area contributed by atoms with Crippen molar-refractivity contribution in [2.45, 2.75) is 11.8 Å². The second-order valence-corrected chi connectivity index (χ2v) is 6.85. The van der Waals surface area contributed by atoms with E-state index < -0.39 is 10.0 Å². The van der Waals surface area contributed by atoms with Crippen LogP contribution in [0.2, 0.25) is 0 Å². The second-order valence-electron chi connectivity index (χ2n) is 3.07. The van der Waals surface area contributed by atoms with Crippen molar-refractivity contribution in [1.29, 1.82) is 0 Å². The number of rotatable bonds is 3. The lowest BCUT2D eigenvalue weighted by molar-refractivity contribution is 0.600. The number of hydrogen-bond acceptors (Lipinski definition) is 6. The number of anilines is 1. The van der Waals surface area contributed by atoms with Gasteiger partial charge in [-0.2, -0.15) is 0 Å². The van der Waals surface area contributed by atoms with Crippen LogP contribution in [0.15, 0.2) is 27.8 Å². The summed E-state index contributed by atoms with van der Waals surface area (Å²) >= 11 is 4.33. The lowest BCUT2D eigenvalue weighted by atomic mass is 10.5. The number of aryl methyl sites for hydroxylation is 1. The summed E-state index contributed by atoms with van der Waals surface area (Å²) in [6.45, 7) is 1.75. The molecule has 0 fully saturated rings. The molecule has 90 valence electrons. The highest BCUT2D eigenvalue weighted by Gasteiger charge is 2.16. The molecule has 2 aromatic rings. The van der Waals surface area contributed by atoms with Gasteiger partial charge in [0.15, 0.2) is 0 Å². The fourth-order valence-electron chi connectivity index (χ4n) is 1.05. The Kier molecular flexibility index (Phi) is 3.40. The van der Waals surface area contributed by atoms with Gasteiger partial charge in [0.2, 0.25) is 5.13 Å². The Labute approximate surface area is 110 Å². The molecule has 0 aromatic carbocycles. The van der Waals surface area contributed by atoms with Crippen LogP contribution in [0.1, 0.15) is 5.01 Å². The van der Waals surface area contributed by atoms with E-state index in [0.29, 0.717) is 9.48 Å². The van der Waals surface area contributed by atoms with E-state index in [9.17, 15) is 8.42 Å². The van der Waals surface area contributed by atoms with E-state index in [1.165, 1.54) is 29.8 Å². The highest BCUT2D eigenvalue weighted by Crippen LogP contribution is 2.20. The van der Waals surface area contributed by atoms with E-state index in [4.69, 9.17) is 0 Å². The maximum absolute atomic E-state index is 11.9. The summed E-state index contributed by atoms with van der Waals surface area (Å²) < 4.78 is 26.8. The molecule has 0 atom stereocenters. The standard InChI is InChI=1S/C8H7BrN4O2S2/c1-5-11-12-8(16-5)13-17(14,15)7-2-6(9)3-10-4-7/h2-4H,1H3,(H,12,13). The topological polar surface area (TPSA) is 84.8 Å². The smallest absolute Gasteiger partial charge is 0.262 e. The van der Waals surface area contributed by atoms with Gasteiger partial charge in [-0.05, 0) is 28.9 Å². The molecule has 0 unspecified atom stereocenters. The third-order valence-electron chi connectivity index (χ3n) is 1.74. The van der Waals surface area contributed by atoms with Crippen molar-refractivity contribution in [3.63, 3.8) is 0 Å². The van der Waals surface area contributed by atoms with Crippen LogP contribution in [0.25, 0.3) is 0 Å². The molecule has 0 saturated carbocycles. The summed E-state index contributed by atoms with van der Waals surface area (Å²) in [4.78, 5) is 3.87. The first kappa shape index (κ1) is 12.4. The zero-order valence-corrected chi connectivity index (χ0v) is 11.8. The van der Waals surface area contributed by atoms with Gasteiger partial charge in [-0.15, -0.1) is 10.2 Å². The van der Waals surface area contributed by atoms with Gasteiger partial charge >= 0.3 is 0 Å². The predicted octanol–water partition coefficient (Wildman–Crippen LogP) is 1.80. The molecule has 2 heterocycles. The molecule has 0 aliphatic rings. The summed E-state index contributed by atoms with van der Waals surface area (Å²) in [5.41, 5.74) is 0. The van der Waals surface area contributed by atoms with E-state index >= 15 is 0 Å². The Balaban J connectivity index is 2.31. The zero-order valence-electron chi connectivity index (χ0n) is 8.58. The second kappa shape index (κ2) is 4.67. The monoisotopic (exact) mass is 334 g/mol. The molecule has 0 spiro atoms. The number of nitrogens with zero attached hydrogens (tertiary/aromatic N) is 3. The minimum Gasteiger partial charge on any atom is -0.262 e. The molecule has 2 aromatic heterocycles. The van der Waals surface area contributed by atoms with Crippen molar-refractivity contribution in [2.75, 3.05) is 4.72 Å². The molecular weight excluding hydrogens is 328 g/mol. The molecule has 0 amide bonds. The third-order valence-corrected chi connectivity index (χ3v) is 4.36. The summed E-state index contributed by atoms with van der Waals surface area (Å²) in [7, 11) is -3.66. The number of halogens is 1. The SMILES string of the molecule is Cc1nnc(NS(=O)(=O)c2cncc(Br)c2)s1. The van der Waals surface area contributed by atoms with Gasteiger partial charge in [-0.1, -0.05) is 11.3 Å². The normalized spacial score (nSPS) is 11.4. The molecule has 0 aliphatic carbocycles. The van der Waals surface area contributed by atoms with Gasteiger partial charge in [0.05, 0.1) is 0 Å². The summed E-state index contributed by atoms with van der Waals surface area (Å²) in [6, 6.07) is 1.46. The minimum absolute atomic E-state index is 0.0692. The molecule has 2 rings (SSSR count). The number of pyridine rings is 1. The fourth-order valence-corrected chi connectivity index (χ4v) is 3.38. The van der Waals surface area contributed by atoms with Crippen molar-refractivity contribution in [2.24, 2.45) is 0 Å². The van der Waals surface area contributed by atoms with Crippen molar-refractivity contribution < 1.29 is 8.42 Å². The lowest BCUT2D eigenvalue weighted by Gasteiger charge is -2.03. The molecule has 0 aliphatic heterocycles. The summed E-state index contributed by atoms with van der Waals surface area (Å²) in [6.07, 6.45) is 2.77. The zero-order chi connectivity index (χ0) is 12.5. The van der Waals surface area contributed by atoms with Crippen molar-refractivity contribution in [3.05, 3.63) is 27.9 Å². The Bertz CT molecular complexity index is 640. The maximum atomic E-state index is 11.9. The fraction of sp³-hybridized carbons (Fsp3) is 0.125. The van der Waals surface area contributed by atoms with Crippen LogP contribution >= 0.6 is 27.3 Å². The molecule has 9 heteroatoms. The van der Waals surface area contributed by atoms with Crippen LogP contribution in [0, 0.1) is 6.92 Å². The summed E-state index contributed by atoms with van der Waals surface area (Å²) in [5.74, 6) is 0. The highest BCUT2D eigenvalue weighted by molar-refractivity contribution is 9.10. The third kappa shape index (κ3) is 2.99. The van der Waals surface area contributed by atoms with Gasteiger partial charge in [0.1, 0.15) is 9.90 Å². The van der Waals surface area contributed by atoms with Crippen molar-refractivity contribution in [3.8, 4) is 0 Å². The van der Waals surface area contributed by atoms with Gasteiger partial charge < -0.3 is 0 Å². The first-order valence-electron chi connectivity index (χ1n) is 4.41. The number of hydrogen-bond donors (Lipinski definition) is 1. The van der Waals surface area contributed by atoms with E-state index in [0.717, 1.165) is 0 Å². The highest BCUT2D eigenvalue weighted by atomic mass is 79.9. The Hall–Kier alpha value is -1.06. The predicted molar refractivity (Wildman–Crippen MR) is 67.4 cm³/mol. The number of nitrogens with one attached hydrogen (secondary N) is 1. The van der Waals surface area contributed by atoms with Gasteiger partial charge in [0.25, 0.3) is 10.0 Å². The largest absolute Gasteiger partial charge is 0.265 e. The molecular formula is C8H7BrN4O2S2. The quantitative estimate of drug-likeness (QED) is 0.925. The summed E-state index contributed by atoms with van der Waals surface area (Å²) in [5, 5.41) is 8.35. The lowest BCUT2D eigenvalue weighted by Crippen LogP contribution is -2.13. The Morgan fingerprint density at radius 2 is 2.12 bits per heavy atom. The van der Waals surface area contributed by atoms with E-state index in [1.54, 1.807) is 6.92 Å². The number of sulfonamides is 1. The number of aromatic nitrogens is 3. The van der Waals surface area contributed by atoms with Crippen molar-refractivity contribution >= 4 is 42.4 Å². The van der Waals surface area contributed by atoms with Gasteiger partial charge in [-0.25, -0.2) is 8.42 Å². The van der Waals surface area contributed by atoms with Crippen LogP contribution in [0.3, 0.4) is 0 Å². The Morgan fingerprint density at radius 3 is 2.71 bits per heavy atom. The molecule has 1 N–H and O–H groups in total. The van der Waals surface area contributed by atoms with Crippen LogP contribution in [-0.2, 0) is 10.0 Å². The van der Waals surface area contributed by atoms with E-state index in [1.807, 2.05) is 0 Å². The molecule has 17 heavy (non-hydrogen) atoms. The van der Waals surface area contributed by atoms with Crippen LogP contribution in [0.4, 0.5) is 5.13 Å². The molecule has 0 bridgehead atoms. The maximum Gasteiger partial charge on any atom is 0.265 e. The van der Waals surface area contributed by atoms with Crippen LogP contribution in [-0.4, -0.2) is 23.6 Å². The Morgan fingerprint density at radius 1 is 1.35 bits per heavy atom. The van der Waals surface area contributed by atoms with Gasteiger partial charge in [-0.3, -0.25) is 9.71 Å².